The van der Waals surface area contributed by atoms with Gasteiger partial charge >= 0.3 is 0 Å². The summed E-state index contributed by atoms with van der Waals surface area (Å²) in [7, 11) is 0. The van der Waals surface area contributed by atoms with Crippen LogP contribution < -0.4 is 0 Å². The topological polar surface area (TPSA) is 4.93 Å². The largest absolute Gasteiger partial charge is 0.350 e. The van der Waals surface area contributed by atoms with Gasteiger partial charge in [0, 0.05) is 18.9 Å². The fraction of sp³-hybridized carbons (Fsp3) is 0.0526. The van der Waals surface area contributed by atoms with Crippen LogP contribution >= 0.6 is 0 Å². The van der Waals surface area contributed by atoms with E-state index < -0.39 is 0 Å². The van der Waals surface area contributed by atoms with Gasteiger partial charge in [-0.25, -0.2) is 0 Å². The van der Waals surface area contributed by atoms with Crippen LogP contribution in [0.2, 0.25) is 0 Å². The lowest BCUT2D eigenvalue weighted by Gasteiger charge is -2.12. The predicted octanol–water partition coefficient (Wildman–Crippen LogP) is 4.84. The van der Waals surface area contributed by atoms with E-state index in [0.29, 0.717) is 0 Å². The molecule has 0 aliphatic rings. The average Bonchev–Trinajstić information content (AvgIpc) is 3.00. The molecule has 0 saturated carbocycles. The van der Waals surface area contributed by atoms with E-state index in [1.54, 1.807) is 0 Å². The smallest absolute Gasteiger partial charge is 0.0482 e. The Labute approximate surface area is 118 Å². The Bertz CT molecular complexity index is 819. The molecule has 96 valence electrons. The van der Waals surface area contributed by atoms with Crippen molar-refractivity contribution in [3.63, 3.8) is 0 Å². The Morgan fingerprint density at radius 1 is 0.650 bits per heavy atom. The first-order valence-electron chi connectivity index (χ1n) is 6.92. The minimum absolute atomic E-state index is 0.912. The molecule has 0 aliphatic carbocycles. The molecule has 1 aromatic heterocycles. The standard InChI is InChI=1S/C19H15N/c1-3-9-17-15(7-1)13-16-8-2-4-10-18(16)19(17)14-20-11-5-6-12-20/h1-13H,14H2. The maximum atomic E-state index is 2.28. The third-order valence-electron chi connectivity index (χ3n) is 3.89. The summed E-state index contributed by atoms with van der Waals surface area (Å²) in [6.07, 6.45) is 4.24. The maximum Gasteiger partial charge on any atom is 0.0482 e. The lowest BCUT2D eigenvalue weighted by molar-refractivity contribution is 0.817. The quantitative estimate of drug-likeness (QED) is 0.453. The second kappa shape index (κ2) is 4.53. The van der Waals surface area contributed by atoms with Crippen molar-refractivity contribution in [3.8, 4) is 0 Å². The van der Waals surface area contributed by atoms with Gasteiger partial charge in [0.05, 0.1) is 0 Å². The molecule has 3 aromatic carbocycles. The van der Waals surface area contributed by atoms with Gasteiger partial charge in [0.25, 0.3) is 0 Å². The highest BCUT2D eigenvalue weighted by molar-refractivity contribution is 6.02. The molecule has 1 nitrogen and oxygen atoms in total. The lowest BCUT2D eigenvalue weighted by atomic mass is 9.97. The van der Waals surface area contributed by atoms with Crippen LogP contribution in [0, 0.1) is 0 Å². The Morgan fingerprint density at radius 3 is 1.80 bits per heavy atom. The summed E-state index contributed by atoms with van der Waals surface area (Å²) in [6, 6.07) is 23.7. The lowest BCUT2D eigenvalue weighted by Crippen LogP contribution is -1.98. The molecule has 0 aliphatic heterocycles. The summed E-state index contributed by atoms with van der Waals surface area (Å²) in [5, 5.41) is 5.32. The van der Waals surface area contributed by atoms with Gasteiger partial charge in [-0.3, -0.25) is 0 Å². The molecule has 0 fully saturated rings. The van der Waals surface area contributed by atoms with Crippen LogP contribution in [0.3, 0.4) is 0 Å². The zero-order chi connectivity index (χ0) is 13.4. The number of fused-ring (bicyclic) bond motifs is 2. The fourth-order valence-corrected chi connectivity index (χ4v) is 2.94. The molecule has 4 aromatic rings. The first kappa shape index (κ1) is 11.3. The molecule has 0 unspecified atom stereocenters. The molecule has 0 amide bonds. The van der Waals surface area contributed by atoms with Crippen molar-refractivity contribution < 1.29 is 0 Å². The zero-order valence-corrected chi connectivity index (χ0v) is 11.2. The third kappa shape index (κ3) is 1.79. The Balaban J connectivity index is 2.06. The van der Waals surface area contributed by atoms with Crippen molar-refractivity contribution >= 4 is 21.5 Å². The van der Waals surface area contributed by atoms with Crippen LogP contribution in [0.15, 0.2) is 79.1 Å². The number of aromatic nitrogens is 1. The van der Waals surface area contributed by atoms with Crippen LogP contribution in [0.1, 0.15) is 5.56 Å². The SMILES string of the molecule is c1ccc2c(Cn3cccc3)c3ccccc3cc2c1. The number of benzene rings is 3. The van der Waals surface area contributed by atoms with Gasteiger partial charge < -0.3 is 4.57 Å². The van der Waals surface area contributed by atoms with Gasteiger partial charge in [-0.05, 0) is 45.3 Å². The van der Waals surface area contributed by atoms with Crippen molar-refractivity contribution in [3.05, 3.63) is 84.7 Å². The molecular weight excluding hydrogens is 242 g/mol. The maximum absolute atomic E-state index is 2.28. The van der Waals surface area contributed by atoms with Gasteiger partial charge in [-0.15, -0.1) is 0 Å². The predicted molar refractivity (Wildman–Crippen MR) is 85.0 cm³/mol. The molecule has 0 radical (unpaired) electrons. The molecule has 1 heteroatoms. The fourth-order valence-electron chi connectivity index (χ4n) is 2.94. The number of nitrogens with zero attached hydrogens (tertiary/aromatic N) is 1. The van der Waals surface area contributed by atoms with Gasteiger partial charge in [0.1, 0.15) is 0 Å². The molecule has 0 bridgehead atoms. The van der Waals surface area contributed by atoms with E-state index in [-0.39, 0.29) is 0 Å². The van der Waals surface area contributed by atoms with Gasteiger partial charge in [0.15, 0.2) is 0 Å². The minimum Gasteiger partial charge on any atom is -0.350 e. The summed E-state index contributed by atoms with van der Waals surface area (Å²) in [5.74, 6) is 0. The van der Waals surface area contributed by atoms with E-state index in [9.17, 15) is 0 Å². The van der Waals surface area contributed by atoms with E-state index in [1.165, 1.54) is 27.1 Å². The van der Waals surface area contributed by atoms with Gasteiger partial charge in [-0.2, -0.15) is 0 Å². The van der Waals surface area contributed by atoms with Crippen molar-refractivity contribution in [1.82, 2.24) is 4.57 Å². The van der Waals surface area contributed by atoms with Crippen molar-refractivity contribution in [2.45, 2.75) is 6.54 Å². The molecule has 4 rings (SSSR count). The molecule has 1 heterocycles. The van der Waals surface area contributed by atoms with E-state index in [4.69, 9.17) is 0 Å². The van der Waals surface area contributed by atoms with Crippen LogP contribution in [-0.4, -0.2) is 4.57 Å². The van der Waals surface area contributed by atoms with E-state index in [1.807, 2.05) is 0 Å². The second-order valence-electron chi connectivity index (χ2n) is 5.15. The molecular formula is C19H15N. The molecule has 20 heavy (non-hydrogen) atoms. The molecule has 0 N–H and O–H groups in total. The highest BCUT2D eigenvalue weighted by Crippen LogP contribution is 2.29. The molecule has 0 atom stereocenters. The normalized spacial score (nSPS) is 11.2. The van der Waals surface area contributed by atoms with Crippen LogP contribution in [0.4, 0.5) is 0 Å². The highest BCUT2D eigenvalue weighted by atomic mass is 14.9. The summed E-state index contributed by atoms with van der Waals surface area (Å²) in [5.41, 5.74) is 1.40. The summed E-state index contributed by atoms with van der Waals surface area (Å²) >= 11 is 0. The summed E-state index contributed by atoms with van der Waals surface area (Å²) in [4.78, 5) is 0. The van der Waals surface area contributed by atoms with Crippen LogP contribution in [0.25, 0.3) is 21.5 Å². The zero-order valence-electron chi connectivity index (χ0n) is 11.2. The van der Waals surface area contributed by atoms with Crippen LogP contribution in [0.5, 0.6) is 0 Å². The number of hydrogen-bond acceptors (Lipinski definition) is 0. The van der Waals surface area contributed by atoms with E-state index >= 15 is 0 Å². The summed E-state index contributed by atoms with van der Waals surface area (Å²) < 4.78 is 2.23. The monoisotopic (exact) mass is 257 g/mol. The molecule has 0 spiro atoms. The Morgan fingerprint density at radius 2 is 1.20 bits per heavy atom. The van der Waals surface area contributed by atoms with Crippen molar-refractivity contribution in [2.24, 2.45) is 0 Å². The Hall–Kier alpha value is -2.54. The van der Waals surface area contributed by atoms with E-state index in [0.717, 1.165) is 6.54 Å². The minimum atomic E-state index is 0.912. The molecule has 0 saturated heterocycles. The van der Waals surface area contributed by atoms with Gasteiger partial charge in [-0.1, -0.05) is 48.5 Å². The number of hydrogen-bond donors (Lipinski definition) is 0. The second-order valence-corrected chi connectivity index (χ2v) is 5.15. The number of rotatable bonds is 2. The summed E-state index contributed by atoms with van der Waals surface area (Å²) in [6.45, 7) is 0.912. The van der Waals surface area contributed by atoms with Gasteiger partial charge in [0.2, 0.25) is 0 Å². The first-order valence-corrected chi connectivity index (χ1v) is 6.92. The average molecular weight is 257 g/mol. The first-order chi connectivity index (χ1) is 9.92. The third-order valence-corrected chi connectivity index (χ3v) is 3.89. The van der Waals surface area contributed by atoms with Crippen molar-refractivity contribution in [2.75, 3.05) is 0 Å². The highest BCUT2D eigenvalue weighted by Gasteiger charge is 2.07. The van der Waals surface area contributed by atoms with E-state index in [2.05, 4.69) is 83.7 Å². The Kier molecular flexibility index (Phi) is 2.56. The van der Waals surface area contributed by atoms with Crippen molar-refractivity contribution in [1.29, 1.82) is 0 Å². The van der Waals surface area contributed by atoms with Crippen LogP contribution in [-0.2, 0) is 6.54 Å².